The zero-order valence-electron chi connectivity index (χ0n) is 13.4. The van der Waals surface area contributed by atoms with Crippen LogP contribution in [0.2, 0.25) is 0 Å². The predicted molar refractivity (Wildman–Crippen MR) is 91.8 cm³/mol. The summed E-state index contributed by atoms with van der Waals surface area (Å²) in [5.74, 6) is -0.117. The molecule has 0 bridgehead atoms. The number of amides is 1. The number of carbonyl (C=O) groups is 1. The van der Waals surface area contributed by atoms with Crippen molar-refractivity contribution >= 4 is 21.6 Å². The van der Waals surface area contributed by atoms with Gasteiger partial charge in [0.25, 0.3) is 5.91 Å². The quantitative estimate of drug-likeness (QED) is 0.736. The van der Waals surface area contributed by atoms with Gasteiger partial charge in [0.2, 0.25) is 10.0 Å². The Labute approximate surface area is 137 Å². The Kier molecular flexibility index (Phi) is 6.01. The van der Waals surface area contributed by atoms with E-state index in [9.17, 15) is 13.2 Å². The van der Waals surface area contributed by atoms with Crippen LogP contribution in [0.4, 0.5) is 5.69 Å². The maximum absolute atomic E-state index is 12.3. The maximum atomic E-state index is 12.3. The van der Waals surface area contributed by atoms with Crippen molar-refractivity contribution in [1.29, 1.82) is 0 Å². The van der Waals surface area contributed by atoms with Crippen molar-refractivity contribution in [2.24, 2.45) is 5.73 Å². The van der Waals surface area contributed by atoms with Gasteiger partial charge in [0.1, 0.15) is 0 Å². The number of anilines is 1. The lowest BCUT2D eigenvalue weighted by Gasteiger charge is -2.26. The lowest BCUT2D eigenvalue weighted by Crippen LogP contribution is -2.40. The molecule has 0 aliphatic heterocycles. The van der Waals surface area contributed by atoms with E-state index in [1.54, 1.807) is 31.2 Å². The van der Waals surface area contributed by atoms with Crippen LogP contribution in [-0.4, -0.2) is 32.2 Å². The molecular weight excluding hydrogens is 314 g/mol. The molecule has 1 aromatic carbocycles. The van der Waals surface area contributed by atoms with Crippen LogP contribution in [0.5, 0.6) is 0 Å². The van der Waals surface area contributed by atoms with Crippen LogP contribution in [0.1, 0.15) is 49.4 Å². The van der Waals surface area contributed by atoms with Gasteiger partial charge < -0.3 is 11.1 Å². The van der Waals surface area contributed by atoms with Gasteiger partial charge in [0, 0.05) is 23.3 Å². The van der Waals surface area contributed by atoms with E-state index in [1.165, 1.54) is 0 Å². The van der Waals surface area contributed by atoms with Crippen LogP contribution in [0, 0.1) is 0 Å². The molecule has 23 heavy (non-hydrogen) atoms. The highest BCUT2D eigenvalue weighted by atomic mass is 32.2. The summed E-state index contributed by atoms with van der Waals surface area (Å²) in [6.07, 6.45) is 4.15. The second-order valence-electron chi connectivity index (χ2n) is 6.09. The average Bonchev–Trinajstić information content (AvgIpc) is 2.49. The first-order chi connectivity index (χ1) is 10.9. The van der Waals surface area contributed by atoms with Gasteiger partial charge in [0.05, 0.1) is 5.75 Å². The van der Waals surface area contributed by atoms with Crippen molar-refractivity contribution in [2.75, 3.05) is 10.5 Å². The average molecular weight is 339 g/mol. The minimum Gasteiger partial charge on any atom is -0.349 e. The van der Waals surface area contributed by atoms with Crippen molar-refractivity contribution < 1.29 is 13.2 Å². The topological polar surface area (TPSA) is 101 Å². The number of benzene rings is 1. The highest BCUT2D eigenvalue weighted by molar-refractivity contribution is 7.92. The third-order valence-corrected chi connectivity index (χ3v) is 5.47. The summed E-state index contributed by atoms with van der Waals surface area (Å²) in [4.78, 5) is 12.3. The molecule has 7 heteroatoms. The molecule has 1 aromatic rings. The number of nitrogens with two attached hydrogens (primary N) is 1. The molecule has 1 saturated carbocycles. The molecule has 2 rings (SSSR count). The van der Waals surface area contributed by atoms with Gasteiger partial charge in [-0.1, -0.05) is 13.0 Å². The molecule has 4 N–H and O–H groups in total. The lowest BCUT2D eigenvalue weighted by atomic mass is 9.91. The Hall–Kier alpha value is -1.60. The predicted octanol–water partition coefficient (Wildman–Crippen LogP) is 1.84. The summed E-state index contributed by atoms with van der Waals surface area (Å²) >= 11 is 0. The number of rotatable bonds is 6. The van der Waals surface area contributed by atoms with E-state index in [4.69, 9.17) is 5.73 Å². The van der Waals surface area contributed by atoms with E-state index in [0.717, 1.165) is 25.7 Å². The standard InChI is InChI=1S/C16H25N3O3S/c1-2-10-23(21,22)19-15-5-3-4-12(11-15)16(20)18-14-8-6-13(17)7-9-14/h3-5,11,13-14,19H,2,6-10,17H2,1H3,(H,18,20). The third kappa shape index (κ3) is 5.51. The van der Waals surface area contributed by atoms with Crippen LogP contribution in [0.15, 0.2) is 24.3 Å². The summed E-state index contributed by atoms with van der Waals surface area (Å²) in [7, 11) is -3.36. The van der Waals surface area contributed by atoms with Gasteiger partial charge in [-0.15, -0.1) is 0 Å². The smallest absolute Gasteiger partial charge is 0.251 e. The van der Waals surface area contributed by atoms with Crippen LogP contribution in [-0.2, 0) is 10.0 Å². The molecule has 1 fully saturated rings. The fourth-order valence-corrected chi connectivity index (χ4v) is 3.88. The SMILES string of the molecule is CCCS(=O)(=O)Nc1cccc(C(=O)NC2CCC(N)CC2)c1. The Balaban J connectivity index is 2.00. The Bertz CT molecular complexity index is 638. The Morgan fingerprint density at radius 3 is 2.61 bits per heavy atom. The molecule has 6 nitrogen and oxygen atoms in total. The minimum atomic E-state index is -3.36. The van der Waals surface area contributed by atoms with Crippen molar-refractivity contribution in [1.82, 2.24) is 5.32 Å². The molecule has 0 heterocycles. The summed E-state index contributed by atoms with van der Waals surface area (Å²) < 4.78 is 26.1. The van der Waals surface area contributed by atoms with Gasteiger partial charge in [-0.25, -0.2) is 8.42 Å². The fourth-order valence-electron chi connectivity index (χ4n) is 2.76. The van der Waals surface area contributed by atoms with Gasteiger partial charge in [-0.3, -0.25) is 9.52 Å². The summed E-state index contributed by atoms with van der Waals surface area (Å²) in [6.45, 7) is 1.80. The van der Waals surface area contributed by atoms with Gasteiger partial charge >= 0.3 is 0 Å². The largest absolute Gasteiger partial charge is 0.349 e. The highest BCUT2D eigenvalue weighted by Crippen LogP contribution is 2.18. The maximum Gasteiger partial charge on any atom is 0.251 e. The number of nitrogens with one attached hydrogen (secondary N) is 2. The first kappa shape index (κ1) is 17.7. The first-order valence-electron chi connectivity index (χ1n) is 8.06. The molecular formula is C16H25N3O3S. The van der Waals surface area contributed by atoms with E-state index in [-0.39, 0.29) is 23.7 Å². The summed E-state index contributed by atoms with van der Waals surface area (Å²) in [5, 5.41) is 3.00. The number of hydrogen-bond donors (Lipinski definition) is 3. The zero-order chi connectivity index (χ0) is 16.9. The molecule has 0 aromatic heterocycles. The fraction of sp³-hybridized carbons (Fsp3) is 0.562. The normalized spacial score (nSPS) is 21.7. The molecule has 1 aliphatic carbocycles. The Morgan fingerprint density at radius 1 is 1.26 bits per heavy atom. The highest BCUT2D eigenvalue weighted by Gasteiger charge is 2.20. The van der Waals surface area contributed by atoms with Crippen LogP contribution < -0.4 is 15.8 Å². The number of hydrogen-bond acceptors (Lipinski definition) is 4. The van der Waals surface area contributed by atoms with E-state index in [1.807, 2.05) is 0 Å². The van der Waals surface area contributed by atoms with Crippen molar-refractivity contribution in [3.63, 3.8) is 0 Å². The molecule has 128 valence electrons. The molecule has 0 spiro atoms. The second kappa shape index (κ2) is 7.79. The van der Waals surface area contributed by atoms with Gasteiger partial charge in [-0.05, 0) is 50.3 Å². The van der Waals surface area contributed by atoms with Gasteiger partial charge in [0.15, 0.2) is 0 Å². The first-order valence-corrected chi connectivity index (χ1v) is 9.72. The minimum absolute atomic E-state index is 0.0613. The summed E-state index contributed by atoms with van der Waals surface area (Å²) in [5.41, 5.74) is 6.73. The number of carbonyl (C=O) groups excluding carboxylic acids is 1. The molecule has 0 saturated heterocycles. The molecule has 1 amide bonds. The zero-order valence-corrected chi connectivity index (χ0v) is 14.2. The lowest BCUT2D eigenvalue weighted by molar-refractivity contribution is 0.0926. The van der Waals surface area contributed by atoms with Crippen LogP contribution in [0.25, 0.3) is 0 Å². The van der Waals surface area contributed by atoms with E-state index >= 15 is 0 Å². The monoisotopic (exact) mass is 339 g/mol. The molecule has 0 unspecified atom stereocenters. The van der Waals surface area contributed by atoms with Crippen molar-refractivity contribution in [3.05, 3.63) is 29.8 Å². The molecule has 1 aliphatic rings. The second-order valence-corrected chi connectivity index (χ2v) is 7.93. The van der Waals surface area contributed by atoms with Crippen LogP contribution >= 0.6 is 0 Å². The van der Waals surface area contributed by atoms with Crippen molar-refractivity contribution in [2.45, 2.75) is 51.1 Å². The Morgan fingerprint density at radius 2 is 1.96 bits per heavy atom. The molecule has 0 atom stereocenters. The van der Waals surface area contributed by atoms with E-state index in [0.29, 0.717) is 17.7 Å². The van der Waals surface area contributed by atoms with E-state index < -0.39 is 10.0 Å². The number of sulfonamides is 1. The summed E-state index contributed by atoms with van der Waals surface area (Å²) in [6, 6.07) is 6.94. The molecule has 0 radical (unpaired) electrons. The van der Waals surface area contributed by atoms with E-state index in [2.05, 4.69) is 10.0 Å². The van der Waals surface area contributed by atoms with Crippen molar-refractivity contribution in [3.8, 4) is 0 Å². The van der Waals surface area contributed by atoms with Crippen LogP contribution in [0.3, 0.4) is 0 Å². The third-order valence-electron chi connectivity index (χ3n) is 3.98. The van der Waals surface area contributed by atoms with Gasteiger partial charge in [-0.2, -0.15) is 0 Å².